The van der Waals surface area contributed by atoms with Gasteiger partial charge in [-0.3, -0.25) is 10.00 Å². The maximum absolute atomic E-state index is 11.1. The average molecular weight is 451 g/mol. The number of likely N-dealkylation sites (tertiary alicyclic amines) is 1. The first kappa shape index (κ1) is 20.0. The van der Waals surface area contributed by atoms with Gasteiger partial charge >= 0.3 is 0 Å². The van der Waals surface area contributed by atoms with Gasteiger partial charge in [0.1, 0.15) is 23.2 Å². The molecule has 4 aromatic rings. The maximum atomic E-state index is 11.1. The van der Waals surface area contributed by atoms with Crippen LogP contribution in [0.5, 0.6) is 0 Å². The number of H-pyrrole nitrogens is 1. The number of rotatable bonds is 5. The quantitative estimate of drug-likeness (QED) is 0.370. The van der Waals surface area contributed by atoms with Crippen LogP contribution in [0.25, 0.3) is 21.1 Å². The molecule has 0 saturated carbocycles. The molecule has 0 bridgehead atoms. The first-order valence-electron chi connectivity index (χ1n) is 11.2. The zero-order valence-electron chi connectivity index (χ0n) is 17.7. The number of thiophene rings is 1. The summed E-state index contributed by atoms with van der Waals surface area (Å²) in [4.78, 5) is 13.5. The van der Waals surface area contributed by atoms with E-state index >= 15 is 0 Å². The van der Waals surface area contributed by atoms with E-state index in [4.69, 9.17) is 0 Å². The number of benzene rings is 1. The minimum atomic E-state index is -0.502. The first-order valence-corrected chi connectivity index (χ1v) is 12.0. The molecule has 3 atom stereocenters. The zero-order valence-corrected chi connectivity index (χ0v) is 18.5. The molecular weight excluding hydrogens is 424 g/mol. The van der Waals surface area contributed by atoms with Gasteiger partial charge in [0.25, 0.3) is 0 Å². The first-order chi connectivity index (χ1) is 15.7. The topological polar surface area (TPSA) is 110 Å². The molecule has 0 spiro atoms. The van der Waals surface area contributed by atoms with Crippen molar-refractivity contribution in [3.05, 3.63) is 41.2 Å². The number of aromatic amines is 1. The van der Waals surface area contributed by atoms with E-state index in [2.05, 4.69) is 36.4 Å². The van der Waals surface area contributed by atoms with Gasteiger partial charge in [0.05, 0.1) is 23.7 Å². The van der Waals surface area contributed by atoms with Crippen molar-refractivity contribution in [3.63, 3.8) is 0 Å². The molecule has 2 unspecified atom stereocenters. The number of fused-ring (bicyclic) bond motifs is 4. The summed E-state index contributed by atoms with van der Waals surface area (Å²) in [6.07, 6.45) is 7.59. The van der Waals surface area contributed by atoms with Gasteiger partial charge in [-0.05, 0) is 55.9 Å². The fourth-order valence-corrected chi connectivity index (χ4v) is 6.60. The van der Waals surface area contributed by atoms with Gasteiger partial charge in [-0.1, -0.05) is 0 Å². The van der Waals surface area contributed by atoms with Crippen LogP contribution in [0.4, 0.5) is 11.5 Å². The van der Waals surface area contributed by atoms with Crippen molar-refractivity contribution in [2.75, 3.05) is 18.5 Å². The molecule has 6 rings (SSSR count). The van der Waals surface area contributed by atoms with Crippen molar-refractivity contribution in [1.82, 2.24) is 25.1 Å². The third kappa shape index (κ3) is 3.36. The molecule has 1 aliphatic carbocycles. The van der Waals surface area contributed by atoms with Crippen LogP contribution in [-0.2, 0) is 12.8 Å². The highest BCUT2D eigenvalue weighted by atomic mass is 32.1. The highest BCUT2D eigenvalue weighted by Crippen LogP contribution is 2.42. The second-order valence-corrected chi connectivity index (χ2v) is 9.92. The minimum absolute atomic E-state index is 0.0861. The highest BCUT2D eigenvalue weighted by Gasteiger charge is 2.36. The number of hydrogen-bond donors (Lipinski definition) is 4. The summed E-state index contributed by atoms with van der Waals surface area (Å²) in [5.41, 5.74) is 3.27. The summed E-state index contributed by atoms with van der Waals surface area (Å²) in [5, 5.41) is 33.4. The monoisotopic (exact) mass is 450 g/mol. The third-order valence-electron chi connectivity index (χ3n) is 6.98. The van der Waals surface area contributed by atoms with Gasteiger partial charge in [0, 0.05) is 34.5 Å². The number of aryl methyl sites for hydroxylation is 1. The van der Waals surface area contributed by atoms with Gasteiger partial charge in [-0.25, -0.2) is 9.97 Å². The molecule has 0 radical (unpaired) electrons. The predicted molar refractivity (Wildman–Crippen MR) is 125 cm³/mol. The van der Waals surface area contributed by atoms with E-state index < -0.39 is 6.23 Å². The normalized spacial score (nSPS) is 22.4. The lowest BCUT2D eigenvalue weighted by Gasteiger charge is -2.35. The van der Waals surface area contributed by atoms with Gasteiger partial charge in [-0.15, -0.1) is 11.3 Å². The Hall–Kier alpha value is -2.59. The Bertz CT molecular complexity index is 1270. The standard InChI is InChI=1S/C23H26N6O2S/c30-11-16-2-1-7-29(16)23(31)13-3-5-17-19(9-13)32-22-20(17)21(24-12-25-22)27-15-4-6-18-14(8-15)10-26-28-18/h4,6,8,10,12-13,16,23,30-31H,1-3,5,7,9,11H2,(H,26,28)(H,24,25,27)/t13-,16?,23?/m0/s1. The summed E-state index contributed by atoms with van der Waals surface area (Å²) in [7, 11) is 0. The van der Waals surface area contributed by atoms with Crippen molar-refractivity contribution in [2.24, 2.45) is 5.92 Å². The van der Waals surface area contributed by atoms with Crippen LogP contribution in [0.15, 0.2) is 30.7 Å². The lowest BCUT2D eigenvalue weighted by molar-refractivity contribution is -0.0596. The smallest absolute Gasteiger partial charge is 0.142 e. The van der Waals surface area contributed by atoms with Crippen LogP contribution >= 0.6 is 11.3 Å². The van der Waals surface area contributed by atoms with E-state index in [-0.39, 0.29) is 18.6 Å². The number of nitrogens with zero attached hydrogens (tertiary/aromatic N) is 4. The SMILES string of the molecule is OCC1CCCN1C(O)[C@H]1CCc2c(sc3ncnc(Nc4ccc5[nH]ncc5c4)c23)C1. The Kier molecular flexibility index (Phi) is 5.06. The molecule has 4 N–H and O–H groups in total. The lowest BCUT2D eigenvalue weighted by atomic mass is 9.86. The van der Waals surface area contributed by atoms with Crippen LogP contribution in [-0.4, -0.2) is 60.7 Å². The average Bonchev–Trinajstić information content (AvgIpc) is 3.55. The third-order valence-corrected chi connectivity index (χ3v) is 8.14. The molecule has 2 aliphatic rings. The lowest BCUT2D eigenvalue weighted by Crippen LogP contribution is -2.46. The summed E-state index contributed by atoms with van der Waals surface area (Å²) in [6, 6.07) is 6.18. The van der Waals surface area contributed by atoms with Crippen molar-refractivity contribution in [3.8, 4) is 0 Å². The fraction of sp³-hybridized carbons (Fsp3) is 0.435. The fourth-order valence-electron chi connectivity index (χ4n) is 5.32. The van der Waals surface area contributed by atoms with E-state index in [0.717, 1.165) is 71.3 Å². The van der Waals surface area contributed by atoms with Crippen molar-refractivity contribution in [2.45, 2.75) is 44.4 Å². The van der Waals surface area contributed by atoms with Gasteiger partial charge in [0.2, 0.25) is 0 Å². The van der Waals surface area contributed by atoms with Crippen LogP contribution < -0.4 is 5.32 Å². The van der Waals surface area contributed by atoms with E-state index in [0.29, 0.717) is 0 Å². The van der Waals surface area contributed by atoms with Crippen LogP contribution in [0.1, 0.15) is 29.7 Å². The second kappa shape index (κ2) is 8.08. The van der Waals surface area contributed by atoms with Crippen LogP contribution in [0, 0.1) is 5.92 Å². The maximum Gasteiger partial charge on any atom is 0.142 e. The Morgan fingerprint density at radius 3 is 3.12 bits per heavy atom. The summed E-state index contributed by atoms with van der Waals surface area (Å²) in [6.45, 7) is 0.982. The summed E-state index contributed by atoms with van der Waals surface area (Å²) >= 11 is 1.71. The Morgan fingerprint density at radius 1 is 1.28 bits per heavy atom. The number of aliphatic hydroxyl groups is 2. The number of nitrogens with one attached hydrogen (secondary N) is 2. The number of aromatic nitrogens is 4. The number of hydrogen-bond acceptors (Lipinski definition) is 8. The number of anilines is 2. The Labute approximate surface area is 189 Å². The molecular formula is C23H26N6O2S. The second-order valence-electron chi connectivity index (χ2n) is 8.84. The molecule has 8 nitrogen and oxygen atoms in total. The molecule has 166 valence electrons. The zero-order chi connectivity index (χ0) is 21.7. The van der Waals surface area contributed by atoms with Crippen molar-refractivity contribution >= 4 is 44.0 Å². The van der Waals surface area contributed by atoms with E-state index in [1.807, 2.05) is 18.3 Å². The molecule has 0 amide bonds. The summed E-state index contributed by atoms with van der Waals surface area (Å²) in [5.74, 6) is 1.00. The van der Waals surface area contributed by atoms with Gasteiger partial charge in [-0.2, -0.15) is 5.10 Å². The molecule has 1 fully saturated rings. The molecule has 4 heterocycles. The molecule has 9 heteroatoms. The molecule has 1 aromatic carbocycles. The minimum Gasteiger partial charge on any atom is -0.395 e. The molecule has 32 heavy (non-hydrogen) atoms. The largest absolute Gasteiger partial charge is 0.395 e. The van der Waals surface area contributed by atoms with E-state index in [1.165, 1.54) is 10.4 Å². The van der Waals surface area contributed by atoms with Gasteiger partial charge in [0.15, 0.2) is 0 Å². The van der Waals surface area contributed by atoms with Crippen molar-refractivity contribution in [1.29, 1.82) is 0 Å². The van der Waals surface area contributed by atoms with Crippen molar-refractivity contribution < 1.29 is 10.2 Å². The van der Waals surface area contributed by atoms with Gasteiger partial charge < -0.3 is 15.5 Å². The van der Waals surface area contributed by atoms with E-state index in [9.17, 15) is 10.2 Å². The highest BCUT2D eigenvalue weighted by molar-refractivity contribution is 7.19. The molecule has 1 aliphatic heterocycles. The van der Waals surface area contributed by atoms with E-state index in [1.54, 1.807) is 17.7 Å². The molecule has 1 saturated heterocycles. The van der Waals surface area contributed by atoms with Crippen LogP contribution in [0.2, 0.25) is 0 Å². The van der Waals surface area contributed by atoms with Crippen LogP contribution in [0.3, 0.4) is 0 Å². The summed E-state index contributed by atoms with van der Waals surface area (Å²) < 4.78 is 0. The Balaban J connectivity index is 1.29. The predicted octanol–water partition coefficient (Wildman–Crippen LogP) is 3.19. The Morgan fingerprint density at radius 2 is 2.22 bits per heavy atom. The number of aliphatic hydroxyl groups excluding tert-OH is 2. The molecule has 3 aromatic heterocycles.